The number of aryl methyl sites for hydroxylation is 1. The Morgan fingerprint density at radius 1 is 1.10 bits per heavy atom. The van der Waals surface area contributed by atoms with Crippen molar-refractivity contribution in [2.75, 3.05) is 11.4 Å². The van der Waals surface area contributed by atoms with Gasteiger partial charge in [0.25, 0.3) is 0 Å². The van der Waals surface area contributed by atoms with Crippen molar-refractivity contribution >= 4 is 22.9 Å². The van der Waals surface area contributed by atoms with Crippen LogP contribution in [0.1, 0.15) is 42.5 Å². The highest BCUT2D eigenvalue weighted by atomic mass is 19.1. The van der Waals surface area contributed by atoms with Crippen LogP contribution in [0.2, 0.25) is 0 Å². The van der Waals surface area contributed by atoms with Crippen molar-refractivity contribution in [1.29, 1.82) is 0 Å². The lowest BCUT2D eigenvalue weighted by Crippen LogP contribution is -2.37. The quantitative estimate of drug-likeness (QED) is 0.321. The van der Waals surface area contributed by atoms with Crippen LogP contribution in [0.4, 0.5) is 14.6 Å². The second-order valence-corrected chi connectivity index (χ2v) is 10.3. The molecule has 6 rings (SSSR count). The van der Waals surface area contributed by atoms with Crippen molar-refractivity contribution < 1.29 is 13.9 Å². The van der Waals surface area contributed by atoms with E-state index in [1.54, 1.807) is 24.5 Å². The summed E-state index contributed by atoms with van der Waals surface area (Å²) in [5, 5.41) is 10.7. The van der Waals surface area contributed by atoms with E-state index in [4.69, 9.17) is 0 Å². The molecule has 5 aromatic rings. The Kier molecular flexibility index (Phi) is 6.36. The van der Waals surface area contributed by atoms with E-state index in [9.17, 15) is 14.3 Å². The first-order chi connectivity index (χ1) is 19.7. The molecular formula is C30H27F2N7O2. The van der Waals surface area contributed by atoms with Gasteiger partial charge in [-0.1, -0.05) is 26.5 Å². The van der Waals surface area contributed by atoms with Crippen LogP contribution in [-0.4, -0.2) is 40.7 Å². The van der Waals surface area contributed by atoms with Crippen molar-refractivity contribution in [3.8, 4) is 22.7 Å². The number of pyridine rings is 2. The van der Waals surface area contributed by atoms with Crippen molar-refractivity contribution in [2.45, 2.75) is 39.8 Å². The third kappa shape index (κ3) is 4.24. The maximum atomic E-state index is 15.8. The zero-order valence-corrected chi connectivity index (χ0v) is 22.8. The molecule has 0 bridgehead atoms. The highest BCUT2D eigenvalue weighted by Crippen LogP contribution is 2.36. The van der Waals surface area contributed by atoms with Gasteiger partial charge >= 0.3 is 5.69 Å². The zero-order valence-electron chi connectivity index (χ0n) is 22.8. The summed E-state index contributed by atoms with van der Waals surface area (Å²) in [4.78, 5) is 33.6. The van der Waals surface area contributed by atoms with Gasteiger partial charge in [0.15, 0.2) is 11.5 Å². The molecule has 0 unspecified atom stereocenters. The summed E-state index contributed by atoms with van der Waals surface area (Å²) in [6.07, 6.45) is 5.07. The Bertz CT molecular complexity index is 1890. The molecule has 0 amide bonds. The molecule has 1 aliphatic heterocycles. The van der Waals surface area contributed by atoms with Gasteiger partial charge in [-0.3, -0.25) is 4.98 Å². The fourth-order valence-corrected chi connectivity index (χ4v) is 5.41. The van der Waals surface area contributed by atoms with E-state index < -0.39 is 34.3 Å². The van der Waals surface area contributed by atoms with Crippen LogP contribution in [0.15, 0.2) is 54.1 Å². The minimum atomic E-state index is -0.867. The van der Waals surface area contributed by atoms with E-state index in [2.05, 4.69) is 26.5 Å². The van der Waals surface area contributed by atoms with Crippen LogP contribution in [0.25, 0.3) is 34.1 Å². The van der Waals surface area contributed by atoms with Gasteiger partial charge in [-0.05, 0) is 48.7 Å². The van der Waals surface area contributed by atoms with Crippen LogP contribution in [-0.2, 0) is 13.1 Å². The van der Waals surface area contributed by atoms with Crippen LogP contribution in [0, 0.1) is 18.6 Å². The van der Waals surface area contributed by atoms with Crippen LogP contribution in [0.3, 0.4) is 0 Å². The number of aromatic nitrogens is 6. The van der Waals surface area contributed by atoms with E-state index in [0.29, 0.717) is 31.0 Å². The number of anilines is 1. The minimum Gasteiger partial charge on any atom is -0.507 e. The Morgan fingerprint density at radius 3 is 2.63 bits per heavy atom. The molecule has 1 aromatic carbocycles. The Morgan fingerprint density at radius 2 is 1.90 bits per heavy atom. The highest BCUT2D eigenvalue weighted by Gasteiger charge is 2.28. The van der Waals surface area contributed by atoms with Crippen molar-refractivity contribution in [3.63, 3.8) is 0 Å². The number of nitrogens with zero attached hydrogens (tertiary/aromatic N) is 7. The lowest BCUT2D eigenvalue weighted by molar-refractivity contribution is 0.470. The number of aromatic hydroxyl groups is 1. The summed E-state index contributed by atoms with van der Waals surface area (Å²) < 4.78 is 34.1. The van der Waals surface area contributed by atoms with Crippen molar-refractivity contribution in [2.24, 2.45) is 0 Å². The molecule has 9 nitrogen and oxygen atoms in total. The van der Waals surface area contributed by atoms with Crippen molar-refractivity contribution in [3.05, 3.63) is 94.2 Å². The summed E-state index contributed by atoms with van der Waals surface area (Å²) in [7, 11) is 0. The van der Waals surface area contributed by atoms with E-state index in [-0.39, 0.29) is 22.8 Å². The number of phenols is 1. The Hall–Kier alpha value is -4.93. The first-order valence-corrected chi connectivity index (χ1v) is 13.2. The zero-order chi connectivity index (χ0) is 29.0. The lowest BCUT2D eigenvalue weighted by atomic mass is 10.0. The van der Waals surface area contributed by atoms with Crippen LogP contribution < -0.4 is 10.6 Å². The van der Waals surface area contributed by atoms with E-state index >= 15 is 4.39 Å². The predicted molar refractivity (Wildman–Crippen MR) is 152 cm³/mol. The van der Waals surface area contributed by atoms with Gasteiger partial charge in [0.05, 0.1) is 40.8 Å². The van der Waals surface area contributed by atoms with E-state index in [1.807, 2.05) is 30.2 Å². The fraction of sp³-hybridized carbons (Fsp3) is 0.233. The van der Waals surface area contributed by atoms with Crippen LogP contribution in [0.5, 0.6) is 5.75 Å². The normalized spacial score (nSPS) is 13.2. The molecule has 4 aromatic heterocycles. The molecule has 41 heavy (non-hydrogen) atoms. The summed E-state index contributed by atoms with van der Waals surface area (Å²) in [6, 6.07) is 6.65. The number of rotatable bonds is 5. The van der Waals surface area contributed by atoms with Gasteiger partial charge in [-0.25, -0.2) is 28.1 Å². The van der Waals surface area contributed by atoms with Gasteiger partial charge in [0.2, 0.25) is 0 Å². The fourth-order valence-electron chi connectivity index (χ4n) is 5.41. The molecule has 0 spiro atoms. The molecule has 1 aliphatic rings. The van der Waals surface area contributed by atoms with Crippen molar-refractivity contribution in [1.82, 2.24) is 29.1 Å². The number of hydrogen-bond acceptors (Lipinski definition) is 7. The molecule has 208 valence electrons. The molecule has 11 heteroatoms. The average molecular weight is 556 g/mol. The van der Waals surface area contributed by atoms with Gasteiger partial charge in [0, 0.05) is 19.3 Å². The number of fused-ring (bicyclic) bond motifs is 2. The maximum Gasteiger partial charge on any atom is 0.355 e. The van der Waals surface area contributed by atoms with Gasteiger partial charge in [-0.15, -0.1) is 0 Å². The second kappa shape index (κ2) is 9.92. The number of phenolic OH excluding ortho intramolecular Hbond substituents is 1. The van der Waals surface area contributed by atoms with Gasteiger partial charge < -0.3 is 14.6 Å². The predicted octanol–water partition coefficient (Wildman–Crippen LogP) is 5.12. The second-order valence-electron chi connectivity index (χ2n) is 10.3. The average Bonchev–Trinajstić information content (AvgIpc) is 3.36. The molecule has 1 N–H and O–H groups in total. The Labute approximate surface area is 234 Å². The largest absolute Gasteiger partial charge is 0.507 e. The molecule has 0 saturated heterocycles. The highest BCUT2D eigenvalue weighted by molar-refractivity contribution is 5.91. The number of halogens is 2. The summed E-state index contributed by atoms with van der Waals surface area (Å²) in [5.41, 5.74) is 1.35. The summed E-state index contributed by atoms with van der Waals surface area (Å²) >= 11 is 0. The minimum absolute atomic E-state index is 0.0662. The summed E-state index contributed by atoms with van der Waals surface area (Å²) in [6.45, 7) is 10.9. The monoisotopic (exact) mass is 555 g/mol. The van der Waals surface area contributed by atoms with E-state index in [0.717, 1.165) is 23.1 Å². The van der Waals surface area contributed by atoms with Crippen LogP contribution >= 0.6 is 0 Å². The Balaban J connectivity index is 1.67. The molecule has 5 heterocycles. The standard InChI is InChI=1S/C30H27F2N7O2/c1-5-23-34-14-18-15-37(11-12-38(18)23)28-19-13-21(32)26(24-20(31)7-6-8-22(24)40)35-29(19)39(30(41)36-28)27-17(4)9-10-33-25(27)16(2)3/h5-10,13-14,16,40H,1,11-12,15H2,2-4H3. The SMILES string of the molecule is C=Cc1ncc2n1CCN(c1nc(=O)n(-c3c(C)ccnc3C(C)C)c3nc(-c4c(O)cccc4F)c(F)cc13)C2. The first-order valence-electron chi connectivity index (χ1n) is 13.2. The molecule has 0 atom stereocenters. The topological polar surface area (TPSA) is 102 Å². The lowest BCUT2D eigenvalue weighted by Gasteiger charge is -2.30. The molecule has 0 fully saturated rings. The third-order valence-corrected chi connectivity index (χ3v) is 7.35. The van der Waals surface area contributed by atoms with E-state index in [1.165, 1.54) is 22.8 Å². The maximum absolute atomic E-state index is 15.8. The van der Waals surface area contributed by atoms with Gasteiger partial charge in [0.1, 0.15) is 28.9 Å². The number of imidazole rings is 1. The molecule has 0 saturated carbocycles. The molecular weight excluding hydrogens is 528 g/mol. The molecule has 0 radical (unpaired) electrons. The third-order valence-electron chi connectivity index (χ3n) is 7.35. The number of hydrogen-bond donors (Lipinski definition) is 1. The molecule has 0 aliphatic carbocycles. The number of benzene rings is 1. The smallest absolute Gasteiger partial charge is 0.355 e. The van der Waals surface area contributed by atoms with Gasteiger partial charge in [-0.2, -0.15) is 4.98 Å². The first kappa shape index (κ1) is 26.3. The summed E-state index contributed by atoms with van der Waals surface area (Å²) in [5.74, 6) is -1.26.